The van der Waals surface area contributed by atoms with Crippen LogP contribution in [-0.4, -0.2) is 54.8 Å². The number of rotatable bonds is 4. The summed E-state index contributed by atoms with van der Waals surface area (Å²) in [5.74, 6) is -1.12. The quantitative estimate of drug-likeness (QED) is 0.788. The number of carbonyl (C=O) groups is 2. The summed E-state index contributed by atoms with van der Waals surface area (Å²) in [5, 5.41) is 9.26. The fourth-order valence-electron chi connectivity index (χ4n) is 2.47. The van der Waals surface area contributed by atoms with Gasteiger partial charge in [-0.05, 0) is 12.1 Å². The molecule has 2 atom stereocenters. The molecular formula is C14H18N2O5. The molecule has 2 rings (SSSR count). The normalized spacial score (nSPS) is 21.3. The average Bonchev–Trinajstić information content (AvgIpc) is 2.91. The van der Waals surface area contributed by atoms with Gasteiger partial charge in [0, 0.05) is 31.8 Å². The number of hydrogen-bond donors (Lipinski definition) is 2. The lowest BCUT2D eigenvalue weighted by molar-refractivity contribution is -0.141. The van der Waals surface area contributed by atoms with Gasteiger partial charge in [-0.3, -0.25) is 4.79 Å². The van der Waals surface area contributed by atoms with Crippen molar-refractivity contribution in [2.75, 3.05) is 26.5 Å². The van der Waals surface area contributed by atoms with E-state index < -0.39 is 17.9 Å². The Morgan fingerprint density at radius 2 is 2.10 bits per heavy atom. The first kappa shape index (κ1) is 15.1. The number of hydrogen-bond acceptors (Lipinski definition) is 5. The lowest BCUT2D eigenvalue weighted by atomic mass is 10.1. The van der Waals surface area contributed by atoms with Gasteiger partial charge in [0.25, 0.3) is 5.91 Å². The van der Waals surface area contributed by atoms with Crippen LogP contribution in [0.5, 0.6) is 5.75 Å². The molecule has 1 fully saturated rings. The van der Waals surface area contributed by atoms with Crippen LogP contribution in [0.25, 0.3) is 0 Å². The first-order chi connectivity index (χ1) is 9.97. The molecule has 7 heteroatoms. The zero-order valence-electron chi connectivity index (χ0n) is 11.9. The zero-order valence-corrected chi connectivity index (χ0v) is 11.9. The van der Waals surface area contributed by atoms with Crippen LogP contribution in [0.4, 0.5) is 5.69 Å². The number of nitrogens with zero attached hydrogens (tertiary/aromatic N) is 1. The van der Waals surface area contributed by atoms with Gasteiger partial charge < -0.3 is 25.2 Å². The maximum Gasteiger partial charge on any atom is 0.326 e. The van der Waals surface area contributed by atoms with Crippen LogP contribution in [0.15, 0.2) is 18.2 Å². The number of nitrogens with two attached hydrogens (primary N) is 1. The third-order valence-electron chi connectivity index (χ3n) is 3.60. The third-order valence-corrected chi connectivity index (χ3v) is 3.60. The Bertz CT molecular complexity index is 560. The second-order valence-corrected chi connectivity index (χ2v) is 4.86. The fourth-order valence-corrected chi connectivity index (χ4v) is 2.47. The maximum absolute atomic E-state index is 12.6. The minimum atomic E-state index is -1.04. The number of carboxylic acids is 1. The molecule has 0 spiro atoms. The molecule has 0 aliphatic carbocycles. The number of methoxy groups -OCH3 is 2. The highest BCUT2D eigenvalue weighted by atomic mass is 16.5. The highest BCUT2D eigenvalue weighted by Crippen LogP contribution is 2.27. The van der Waals surface area contributed by atoms with Crippen molar-refractivity contribution in [2.24, 2.45) is 0 Å². The van der Waals surface area contributed by atoms with E-state index in [4.69, 9.17) is 15.2 Å². The van der Waals surface area contributed by atoms with Crippen LogP contribution < -0.4 is 10.5 Å². The van der Waals surface area contributed by atoms with Crippen LogP contribution in [-0.2, 0) is 9.53 Å². The van der Waals surface area contributed by atoms with Crippen molar-refractivity contribution in [1.82, 2.24) is 4.90 Å². The average molecular weight is 294 g/mol. The van der Waals surface area contributed by atoms with Gasteiger partial charge in [-0.25, -0.2) is 4.79 Å². The first-order valence-corrected chi connectivity index (χ1v) is 6.48. The molecule has 3 N–H and O–H groups in total. The highest BCUT2D eigenvalue weighted by Gasteiger charge is 2.40. The summed E-state index contributed by atoms with van der Waals surface area (Å²) in [7, 11) is 2.93. The molecule has 0 saturated carbocycles. The molecule has 1 amide bonds. The predicted molar refractivity (Wildman–Crippen MR) is 75.3 cm³/mol. The molecule has 1 aromatic rings. The Hall–Kier alpha value is -2.28. The number of carbonyl (C=O) groups excluding carboxylic acids is 1. The maximum atomic E-state index is 12.6. The smallest absolute Gasteiger partial charge is 0.326 e. The van der Waals surface area contributed by atoms with Crippen molar-refractivity contribution in [3.63, 3.8) is 0 Å². The minimum Gasteiger partial charge on any atom is -0.496 e. The summed E-state index contributed by atoms with van der Waals surface area (Å²) < 4.78 is 10.3. The molecule has 21 heavy (non-hydrogen) atoms. The van der Waals surface area contributed by atoms with Gasteiger partial charge in [0.1, 0.15) is 11.8 Å². The SMILES string of the molecule is COc1cc(N)ccc1C(=O)N1CC(OC)CC1C(=O)O. The monoisotopic (exact) mass is 294 g/mol. The van der Waals surface area contributed by atoms with Crippen molar-refractivity contribution in [3.05, 3.63) is 23.8 Å². The lowest BCUT2D eigenvalue weighted by Crippen LogP contribution is -2.40. The van der Waals surface area contributed by atoms with Crippen LogP contribution in [0.2, 0.25) is 0 Å². The number of amides is 1. The van der Waals surface area contributed by atoms with Crippen LogP contribution in [0.1, 0.15) is 16.8 Å². The van der Waals surface area contributed by atoms with Crippen LogP contribution in [0, 0.1) is 0 Å². The molecule has 1 aliphatic heterocycles. The summed E-state index contributed by atoms with van der Waals surface area (Å²) >= 11 is 0. The summed E-state index contributed by atoms with van der Waals surface area (Å²) in [4.78, 5) is 25.2. The molecule has 0 bridgehead atoms. The van der Waals surface area contributed by atoms with Gasteiger partial charge in [-0.15, -0.1) is 0 Å². The largest absolute Gasteiger partial charge is 0.496 e. The van der Waals surface area contributed by atoms with Crippen molar-refractivity contribution in [3.8, 4) is 5.75 Å². The van der Waals surface area contributed by atoms with E-state index >= 15 is 0 Å². The van der Waals surface area contributed by atoms with Crippen LogP contribution >= 0.6 is 0 Å². The third kappa shape index (κ3) is 2.92. The molecule has 1 aliphatic rings. The van der Waals surface area contributed by atoms with E-state index in [0.29, 0.717) is 11.4 Å². The molecule has 0 radical (unpaired) electrons. The Balaban J connectivity index is 2.32. The molecule has 2 unspecified atom stereocenters. The highest BCUT2D eigenvalue weighted by molar-refractivity contribution is 5.99. The van der Waals surface area contributed by atoms with E-state index in [1.807, 2.05) is 0 Å². The molecule has 7 nitrogen and oxygen atoms in total. The number of anilines is 1. The van der Waals surface area contributed by atoms with E-state index in [2.05, 4.69) is 0 Å². The number of carboxylic acid groups (broad SMARTS) is 1. The second kappa shape index (κ2) is 6.01. The summed E-state index contributed by atoms with van der Waals surface area (Å²) in [6.07, 6.45) is -0.00989. The van der Waals surface area contributed by atoms with Crippen molar-refractivity contribution in [2.45, 2.75) is 18.6 Å². The van der Waals surface area contributed by atoms with Crippen molar-refractivity contribution < 1.29 is 24.2 Å². The predicted octanol–water partition coefficient (Wildman–Crippen LogP) is 0.592. The number of likely N-dealkylation sites (tertiary alicyclic amines) is 1. The van der Waals surface area contributed by atoms with Gasteiger partial charge >= 0.3 is 5.97 Å². The van der Waals surface area contributed by atoms with Gasteiger partial charge in [0.05, 0.1) is 18.8 Å². The lowest BCUT2D eigenvalue weighted by Gasteiger charge is -2.22. The van der Waals surface area contributed by atoms with Gasteiger partial charge in [-0.2, -0.15) is 0 Å². The Labute approximate surface area is 122 Å². The summed E-state index contributed by atoms with van der Waals surface area (Å²) in [5.41, 5.74) is 6.41. The molecule has 1 saturated heterocycles. The second-order valence-electron chi connectivity index (χ2n) is 4.86. The van der Waals surface area contributed by atoms with Crippen LogP contribution in [0.3, 0.4) is 0 Å². The van der Waals surface area contributed by atoms with E-state index in [1.165, 1.54) is 31.3 Å². The van der Waals surface area contributed by atoms with Crippen molar-refractivity contribution >= 4 is 17.6 Å². The molecular weight excluding hydrogens is 276 g/mol. The molecule has 114 valence electrons. The zero-order chi connectivity index (χ0) is 15.6. The number of benzene rings is 1. The van der Waals surface area contributed by atoms with Crippen molar-refractivity contribution in [1.29, 1.82) is 0 Å². The van der Waals surface area contributed by atoms with E-state index in [0.717, 1.165) is 0 Å². The summed E-state index contributed by atoms with van der Waals surface area (Å²) in [6, 6.07) is 3.75. The van der Waals surface area contributed by atoms with Gasteiger partial charge in [0.15, 0.2) is 0 Å². The standard InChI is InChI=1S/C14H18N2O5/c1-20-9-6-11(14(18)19)16(7-9)13(17)10-4-3-8(15)5-12(10)21-2/h3-5,9,11H,6-7,15H2,1-2H3,(H,18,19). The first-order valence-electron chi connectivity index (χ1n) is 6.48. The van der Waals surface area contributed by atoms with E-state index in [9.17, 15) is 14.7 Å². The minimum absolute atomic E-state index is 0.236. The Morgan fingerprint density at radius 3 is 2.67 bits per heavy atom. The Morgan fingerprint density at radius 1 is 1.38 bits per heavy atom. The van der Waals surface area contributed by atoms with E-state index in [1.54, 1.807) is 6.07 Å². The number of ether oxygens (including phenoxy) is 2. The topological polar surface area (TPSA) is 102 Å². The molecule has 1 heterocycles. The van der Waals surface area contributed by atoms with Gasteiger partial charge in [-0.1, -0.05) is 0 Å². The summed E-state index contributed by atoms with van der Waals surface area (Å²) in [6.45, 7) is 0.236. The van der Waals surface area contributed by atoms with E-state index in [-0.39, 0.29) is 24.6 Å². The number of aliphatic carboxylic acids is 1. The fraction of sp³-hybridized carbons (Fsp3) is 0.429. The molecule has 1 aromatic carbocycles. The van der Waals surface area contributed by atoms with Gasteiger partial charge in [0.2, 0.25) is 0 Å². The Kier molecular flexibility index (Phi) is 4.32. The molecule has 0 aromatic heterocycles. The number of nitrogen functional groups attached to an aromatic ring is 1.